The van der Waals surface area contributed by atoms with Gasteiger partial charge in [-0.05, 0) is 45.2 Å². The first-order valence-electron chi connectivity index (χ1n) is 8.16. The van der Waals surface area contributed by atoms with Crippen LogP contribution in [0.3, 0.4) is 0 Å². The van der Waals surface area contributed by atoms with Gasteiger partial charge in [-0.15, -0.1) is 6.58 Å². The van der Waals surface area contributed by atoms with Gasteiger partial charge >= 0.3 is 0 Å². The van der Waals surface area contributed by atoms with Crippen LogP contribution in [0.4, 0.5) is 4.39 Å². The van der Waals surface area contributed by atoms with Crippen molar-refractivity contribution in [3.8, 4) is 5.75 Å². The SMILES string of the molecule is C=CCN(C)C/C=C/COc1ccc(C(=O)/C=C/C=C(C)C)cc1F. The number of nitrogens with zero attached hydrogens (tertiary/aromatic N) is 1. The van der Waals surface area contributed by atoms with Crippen LogP contribution in [0.2, 0.25) is 0 Å². The van der Waals surface area contributed by atoms with Crippen molar-refractivity contribution in [2.24, 2.45) is 0 Å². The predicted molar refractivity (Wildman–Crippen MR) is 102 cm³/mol. The molecule has 0 aliphatic heterocycles. The summed E-state index contributed by atoms with van der Waals surface area (Å²) < 4.78 is 19.4. The van der Waals surface area contributed by atoms with E-state index in [9.17, 15) is 9.18 Å². The molecule has 0 aromatic heterocycles. The molecule has 0 bridgehead atoms. The highest BCUT2D eigenvalue weighted by molar-refractivity contribution is 6.04. The molecule has 1 aromatic carbocycles. The molecule has 3 nitrogen and oxygen atoms in total. The lowest BCUT2D eigenvalue weighted by Gasteiger charge is -2.10. The molecule has 0 N–H and O–H groups in total. The first-order valence-corrected chi connectivity index (χ1v) is 8.16. The molecule has 1 rings (SSSR count). The molecule has 0 fully saturated rings. The molecule has 0 saturated carbocycles. The van der Waals surface area contributed by atoms with Gasteiger partial charge in [-0.3, -0.25) is 9.69 Å². The molecule has 1 aromatic rings. The van der Waals surface area contributed by atoms with Crippen molar-refractivity contribution >= 4 is 5.78 Å². The van der Waals surface area contributed by atoms with Gasteiger partial charge in [0.05, 0.1) is 0 Å². The molecule has 0 radical (unpaired) electrons. The molecule has 0 atom stereocenters. The summed E-state index contributed by atoms with van der Waals surface area (Å²) in [7, 11) is 1.98. The number of carbonyl (C=O) groups excluding carboxylic acids is 1. The number of halogens is 1. The van der Waals surface area contributed by atoms with E-state index in [4.69, 9.17) is 4.74 Å². The Bertz CT molecular complexity index is 670. The minimum absolute atomic E-state index is 0.133. The fourth-order valence-corrected chi connectivity index (χ4v) is 1.95. The van der Waals surface area contributed by atoms with Crippen molar-refractivity contribution in [3.05, 3.63) is 78.2 Å². The van der Waals surface area contributed by atoms with Gasteiger partial charge in [0.25, 0.3) is 0 Å². The summed E-state index contributed by atoms with van der Waals surface area (Å²) >= 11 is 0. The molecule has 0 amide bonds. The molecule has 0 aliphatic rings. The molecular weight excluding hydrogens is 317 g/mol. The average molecular weight is 343 g/mol. The van der Waals surface area contributed by atoms with Crippen molar-refractivity contribution in [2.45, 2.75) is 13.8 Å². The van der Waals surface area contributed by atoms with Crippen LogP contribution in [0, 0.1) is 5.82 Å². The van der Waals surface area contributed by atoms with E-state index in [0.717, 1.165) is 18.7 Å². The van der Waals surface area contributed by atoms with Crippen LogP contribution in [0.25, 0.3) is 0 Å². The third-order valence-electron chi connectivity index (χ3n) is 3.25. The summed E-state index contributed by atoms with van der Waals surface area (Å²) in [6, 6.07) is 4.25. The predicted octanol–water partition coefficient (Wildman–Crippen LogP) is 4.58. The fourth-order valence-electron chi connectivity index (χ4n) is 1.95. The second kappa shape index (κ2) is 11.2. The molecule has 0 unspecified atom stereocenters. The normalized spacial score (nSPS) is 11.2. The highest BCUT2D eigenvalue weighted by atomic mass is 19.1. The number of hydrogen-bond donors (Lipinski definition) is 0. The van der Waals surface area contributed by atoms with E-state index in [1.807, 2.05) is 45.2 Å². The Balaban J connectivity index is 2.57. The molecular formula is C21H26FNO2. The van der Waals surface area contributed by atoms with Gasteiger partial charge < -0.3 is 4.74 Å². The zero-order valence-corrected chi connectivity index (χ0v) is 15.2. The van der Waals surface area contributed by atoms with Gasteiger partial charge in [-0.2, -0.15) is 0 Å². The zero-order valence-electron chi connectivity index (χ0n) is 15.2. The van der Waals surface area contributed by atoms with Gasteiger partial charge in [-0.25, -0.2) is 4.39 Å². The minimum Gasteiger partial charge on any atom is -0.486 e. The molecule has 25 heavy (non-hydrogen) atoms. The van der Waals surface area contributed by atoms with E-state index < -0.39 is 5.82 Å². The standard InChI is InChI=1S/C21H26FNO2/c1-5-13-23(4)14-6-7-15-25-21-12-11-18(16-19(21)22)20(24)10-8-9-17(2)3/h5-12,16H,1,13-15H2,2-4H3/b7-6+,10-8+. The van der Waals surface area contributed by atoms with Crippen LogP contribution in [-0.2, 0) is 0 Å². The van der Waals surface area contributed by atoms with Crippen molar-refractivity contribution in [2.75, 3.05) is 26.7 Å². The van der Waals surface area contributed by atoms with Crippen molar-refractivity contribution in [1.82, 2.24) is 4.90 Å². The Morgan fingerprint density at radius 1 is 1.28 bits per heavy atom. The summed E-state index contributed by atoms with van der Waals surface area (Å²) in [5, 5.41) is 0. The van der Waals surface area contributed by atoms with Crippen LogP contribution in [-0.4, -0.2) is 37.4 Å². The molecule has 0 spiro atoms. The summed E-state index contributed by atoms with van der Waals surface area (Å²) in [5.41, 5.74) is 1.38. The first-order chi connectivity index (χ1) is 11.9. The maximum Gasteiger partial charge on any atom is 0.185 e. The topological polar surface area (TPSA) is 29.5 Å². The summed E-state index contributed by atoms with van der Waals surface area (Å²) in [6.45, 7) is 9.39. The largest absolute Gasteiger partial charge is 0.486 e. The Labute approximate surface area is 149 Å². The number of benzene rings is 1. The number of ketones is 1. The number of rotatable bonds is 10. The lowest BCUT2D eigenvalue weighted by Crippen LogP contribution is -2.17. The average Bonchev–Trinajstić information content (AvgIpc) is 2.55. The van der Waals surface area contributed by atoms with Gasteiger partial charge in [0, 0.05) is 18.7 Å². The van der Waals surface area contributed by atoms with Gasteiger partial charge in [-0.1, -0.05) is 36.0 Å². The second-order valence-electron chi connectivity index (χ2n) is 5.90. The molecule has 4 heteroatoms. The lowest BCUT2D eigenvalue weighted by atomic mass is 10.1. The van der Waals surface area contributed by atoms with E-state index >= 15 is 0 Å². The molecule has 0 heterocycles. The Morgan fingerprint density at radius 3 is 2.68 bits per heavy atom. The monoisotopic (exact) mass is 343 g/mol. The van der Waals surface area contributed by atoms with Gasteiger partial charge in [0.1, 0.15) is 6.61 Å². The third-order valence-corrected chi connectivity index (χ3v) is 3.25. The quantitative estimate of drug-likeness (QED) is 0.269. The van der Waals surface area contributed by atoms with Crippen LogP contribution in [0.1, 0.15) is 24.2 Å². The van der Waals surface area contributed by atoms with Crippen molar-refractivity contribution in [3.63, 3.8) is 0 Å². The van der Waals surface area contributed by atoms with E-state index in [1.54, 1.807) is 12.1 Å². The molecule has 134 valence electrons. The Hall–Kier alpha value is -2.46. The fraction of sp³-hybridized carbons (Fsp3) is 0.286. The van der Waals surface area contributed by atoms with E-state index in [-0.39, 0.29) is 18.1 Å². The number of ether oxygens (including phenoxy) is 1. The van der Waals surface area contributed by atoms with Crippen LogP contribution < -0.4 is 4.74 Å². The maximum atomic E-state index is 14.0. The maximum absolute atomic E-state index is 14.0. The van der Waals surface area contributed by atoms with Gasteiger partial charge in [0.15, 0.2) is 17.3 Å². The zero-order chi connectivity index (χ0) is 18.7. The van der Waals surface area contributed by atoms with Crippen LogP contribution in [0.5, 0.6) is 5.75 Å². The summed E-state index contributed by atoms with van der Waals surface area (Å²) in [4.78, 5) is 14.0. The number of allylic oxidation sites excluding steroid dienone is 4. The highest BCUT2D eigenvalue weighted by Gasteiger charge is 2.08. The molecule has 0 aliphatic carbocycles. The summed E-state index contributed by atoms with van der Waals surface area (Å²) in [6.07, 6.45) is 10.5. The Morgan fingerprint density at radius 2 is 2.04 bits per heavy atom. The first kappa shape index (κ1) is 20.6. The van der Waals surface area contributed by atoms with Crippen molar-refractivity contribution in [1.29, 1.82) is 0 Å². The number of carbonyl (C=O) groups is 1. The summed E-state index contributed by atoms with van der Waals surface area (Å²) in [5.74, 6) is -0.652. The molecule has 0 saturated heterocycles. The van der Waals surface area contributed by atoms with Crippen LogP contribution in [0.15, 0.2) is 66.8 Å². The Kier molecular flexibility index (Phi) is 9.19. The number of likely N-dealkylation sites (N-methyl/N-ethyl adjacent to an activating group) is 1. The minimum atomic E-state index is -0.543. The lowest BCUT2D eigenvalue weighted by molar-refractivity contribution is 0.104. The van der Waals surface area contributed by atoms with Crippen molar-refractivity contribution < 1.29 is 13.9 Å². The highest BCUT2D eigenvalue weighted by Crippen LogP contribution is 2.19. The van der Waals surface area contributed by atoms with Crippen LogP contribution >= 0.6 is 0 Å². The second-order valence-corrected chi connectivity index (χ2v) is 5.90. The van der Waals surface area contributed by atoms with E-state index in [2.05, 4.69) is 11.5 Å². The third kappa shape index (κ3) is 8.27. The van der Waals surface area contributed by atoms with Gasteiger partial charge in [0.2, 0.25) is 0 Å². The smallest absolute Gasteiger partial charge is 0.185 e. The number of hydrogen-bond acceptors (Lipinski definition) is 3. The van der Waals surface area contributed by atoms with E-state index in [1.165, 1.54) is 18.2 Å². The van der Waals surface area contributed by atoms with E-state index in [0.29, 0.717) is 5.56 Å².